The Morgan fingerprint density at radius 3 is 2.13 bits per heavy atom. The van der Waals surface area contributed by atoms with Gasteiger partial charge in [0.05, 0.1) is 0 Å². The zero-order valence-corrected chi connectivity index (χ0v) is 13.0. The molecule has 1 atom stereocenters. The zero-order chi connectivity index (χ0) is 17.4. The van der Waals surface area contributed by atoms with E-state index in [2.05, 4.69) is 0 Å². The van der Waals surface area contributed by atoms with Gasteiger partial charge in [-0.15, -0.1) is 0 Å². The molecule has 0 spiro atoms. The van der Waals surface area contributed by atoms with Crippen molar-refractivity contribution in [2.75, 3.05) is 13.1 Å². The number of hydrogen-bond donors (Lipinski definition) is 1. The van der Waals surface area contributed by atoms with Crippen LogP contribution in [0.15, 0.2) is 12.1 Å². The number of alkyl halides is 3. The van der Waals surface area contributed by atoms with E-state index in [9.17, 15) is 27.5 Å². The maximum Gasteiger partial charge on any atom is 0.414 e. The summed E-state index contributed by atoms with van der Waals surface area (Å²) in [4.78, 5) is 13.9. The number of amides is 1. The maximum atomic E-state index is 13.6. The lowest BCUT2D eigenvalue weighted by molar-refractivity contribution is -0.222. The van der Waals surface area contributed by atoms with Crippen molar-refractivity contribution in [1.82, 2.24) is 4.90 Å². The van der Waals surface area contributed by atoms with Crippen LogP contribution in [0.3, 0.4) is 0 Å². The fourth-order valence-corrected chi connectivity index (χ4v) is 2.94. The molecule has 1 unspecified atom stereocenters. The first-order valence-electron chi connectivity index (χ1n) is 7.42. The Kier molecular flexibility index (Phi) is 4.98. The van der Waals surface area contributed by atoms with Crippen molar-refractivity contribution in [3.05, 3.63) is 34.6 Å². The first kappa shape index (κ1) is 17.7. The summed E-state index contributed by atoms with van der Waals surface area (Å²) in [5.41, 5.74) is 1.04. The molecule has 23 heavy (non-hydrogen) atoms. The predicted molar refractivity (Wildman–Crippen MR) is 76.6 cm³/mol. The van der Waals surface area contributed by atoms with Gasteiger partial charge in [0, 0.05) is 18.7 Å². The molecule has 1 aliphatic heterocycles. The van der Waals surface area contributed by atoms with Gasteiger partial charge >= 0.3 is 6.18 Å². The number of aryl methyl sites for hydroxylation is 2. The molecule has 1 aromatic carbocycles. The summed E-state index contributed by atoms with van der Waals surface area (Å²) in [6, 6.07) is 2.89. The number of aliphatic hydroxyl groups is 1. The topological polar surface area (TPSA) is 40.5 Å². The SMILES string of the molecule is Cc1cc(C(=O)N2CCC(C(O)C(F)(F)F)CC2)cc(C)c1F. The highest BCUT2D eigenvalue weighted by molar-refractivity contribution is 5.94. The second kappa shape index (κ2) is 6.47. The summed E-state index contributed by atoms with van der Waals surface area (Å²) in [5.74, 6) is -1.58. The molecule has 1 heterocycles. The van der Waals surface area contributed by atoms with Crippen LogP contribution >= 0.6 is 0 Å². The third-order valence-corrected chi connectivity index (χ3v) is 4.29. The van der Waals surface area contributed by atoms with Crippen LogP contribution in [0.4, 0.5) is 17.6 Å². The molecule has 1 saturated heterocycles. The summed E-state index contributed by atoms with van der Waals surface area (Å²) in [5, 5.41) is 9.29. The number of rotatable bonds is 2. The van der Waals surface area contributed by atoms with Crippen molar-refractivity contribution in [3.8, 4) is 0 Å². The van der Waals surface area contributed by atoms with Crippen molar-refractivity contribution in [3.63, 3.8) is 0 Å². The highest BCUT2D eigenvalue weighted by atomic mass is 19.4. The van der Waals surface area contributed by atoms with Crippen molar-refractivity contribution in [2.45, 2.75) is 39.0 Å². The maximum absolute atomic E-state index is 13.6. The number of piperidine rings is 1. The summed E-state index contributed by atoms with van der Waals surface area (Å²) in [6.45, 7) is 3.41. The van der Waals surface area contributed by atoms with E-state index in [-0.39, 0.29) is 37.7 Å². The Morgan fingerprint density at radius 2 is 1.70 bits per heavy atom. The highest BCUT2D eigenvalue weighted by Gasteiger charge is 2.44. The van der Waals surface area contributed by atoms with Crippen LogP contribution < -0.4 is 0 Å². The molecule has 1 aromatic rings. The number of aliphatic hydroxyl groups excluding tert-OH is 1. The molecule has 1 N–H and O–H groups in total. The highest BCUT2D eigenvalue weighted by Crippen LogP contribution is 2.32. The normalized spacial score (nSPS) is 18.1. The van der Waals surface area contributed by atoms with Crippen LogP contribution in [-0.2, 0) is 0 Å². The van der Waals surface area contributed by atoms with E-state index in [0.717, 1.165) is 0 Å². The van der Waals surface area contributed by atoms with Crippen molar-refractivity contribution in [2.24, 2.45) is 5.92 Å². The third-order valence-electron chi connectivity index (χ3n) is 4.29. The van der Waals surface area contributed by atoms with Crippen molar-refractivity contribution in [1.29, 1.82) is 0 Å². The van der Waals surface area contributed by atoms with Gasteiger partial charge in [-0.3, -0.25) is 4.79 Å². The van der Waals surface area contributed by atoms with E-state index in [4.69, 9.17) is 0 Å². The monoisotopic (exact) mass is 333 g/mol. The van der Waals surface area contributed by atoms with Gasteiger partial charge in [-0.25, -0.2) is 4.39 Å². The first-order chi connectivity index (χ1) is 10.6. The van der Waals surface area contributed by atoms with E-state index in [1.54, 1.807) is 13.8 Å². The Labute approximate surface area is 131 Å². The van der Waals surface area contributed by atoms with Gasteiger partial charge in [-0.2, -0.15) is 13.2 Å². The lowest BCUT2D eigenvalue weighted by Gasteiger charge is -2.34. The standard InChI is InChI=1S/C16H19F4NO2/c1-9-7-12(8-10(2)13(9)17)15(23)21-5-3-11(4-6-21)14(22)16(18,19)20/h7-8,11,14,22H,3-6H2,1-2H3. The second-order valence-electron chi connectivity index (χ2n) is 6.04. The predicted octanol–water partition coefficient (Wildman–Crippen LogP) is 3.22. The third kappa shape index (κ3) is 3.83. The summed E-state index contributed by atoms with van der Waals surface area (Å²) < 4.78 is 51.2. The van der Waals surface area contributed by atoms with Gasteiger partial charge in [-0.1, -0.05) is 0 Å². The molecule has 1 amide bonds. The number of nitrogens with zero attached hydrogens (tertiary/aromatic N) is 1. The minimum absolute atomic E-state index is 0.0889. The molecule has 2 rings (SSSR count). The van der Waals surface area contributed by atoms with Gasteiger partial charge < -0.3 is 10.0 Å². The van der Waals surface area contributed by atoms with Crippen LogP contribution in [0.2, 0.25) is 0 Å². The zero-order valence-electron chi connectivity index (χ0n) is 13.0. The fourth-order valence-electron chi connectivity index (χ4n) is 2.94. The van der Waals surface area contributed by atoms with Gasteiger partial charge in [0.1, 0.15) is 5.82 Å². The smallest absolute Gasteiger partial charge is 0.383 e. The Hall–Kier alpha value is -1.63. The van der Waals surface area contributed by atoms with Crippen molar-refractivity contribution < 1.29 is 27.5 Å². The summed E-state index contributed by atoms with van der Waals surface area (Å²) in [7, 11) is 0. The number of hydrogen-bond acceptors (Lipinski definition) is 2. The quantitative estimate of drug-likeness (QED) is 0.844. The lowest BCUT2D eigenvalue weighted by atomic mass is 9.90. The number of carbonyl (C=O) groups excluding carboxylic acids is 1. The van der Waals surface area contributed by atoms with E-state index in [1.807, 2.05) is 0 Å². The molecule has 0 aliphatic carbocycles. The molecule has 3 nitrogen and oxygen atoms in total. The Morgan fingerprint density at radius 1 is 1.22 bits per heavy atom. The fraction of sp³-hybridized carbons (Fsp3) is 0.562. The molecule has 0 radical (unpaired) electrons. The molecule has 7 heteroatoms. The molecule has 0 bridgehead atoms. The van der Waals surface area contributed by atoms with Crippen LogP contribution in [0.5, 0.6) is 0 Å². The van der Waals surface area contributed by atoms with Crippen LogP contribution in [-0.4, -0.2) is 41.3 Å². The molecular weight excluding hydrogens is 314 g/mol. The molecule has 0 saturated carbocycles. The largest absolute Gasteiger partial charge is 0.414 e. The van der Waals surface area contributed by atoms with Crippen LogP contribution in [0.1, 0.15) is 34.3 Å². The van der Waals surface area contributed by atoms with Gasteiger partial charge in [0.15, 0.2) is 6.10 Å². The Balaban J connectivity index is 2.04. The minimum Gasteiger partial charge on any atom is -0.383 e. The molecule has 1 aliphatic rings. The average Bonchev–Trinajstić information content (AvgIpc) is 2.50. The average molecular weight is 333 g/mol. The lowest BCUT2D eigenvalue weighted by Crippen LogP contribution is -2.45. The van der Waals surface area contributed by atoms with Gasteiger partial charge in [0.2, 0.25) is 0 Å². The second-order valence-corrected chi connectivity index (χ2v) is 6.04. The molecule has 0 aromatic heterocycles. The van der Waals surface area contributed by atoms with Gasteiger partial charge in [0.25, 0.3) is 5.91 Å². The number of halogens is 4. The Bertz CT molecular complexity index is 569. The number of benzene rings is 1. The minimum atomic E-state index is -4.64. The summed E-state index contributed by atoms with van der Waals surface area (Å²) in [6.07, 6.45) is -6.81. The first-order valence-corrected chi connectivity index (χ1v) is 7.42. The van der Waals surface area contributed by atoms with E-state index < -0.39 is 18.2 Å². The number of likely N-dealkylation sites (tertiary alicyclic amines) is 1. The summed E-state index contributed by atoms with van der Waals surface area (Å²) >= 11 is 0. The van der Waals surface area contributed by atoms with Crippen LogP contribution in [0, 0.1) is 25.6 Å². The molecular formula is C16H19F4NO2. The van der Waals surface area contributed by atoms with Crippen LogP contribution in [0.25, 0.3) is 0 Å². The number of carbonyl (C=O) groups is 1. The van der Waals surface area contributed by atoms with Gasteiger partial charge in [-0.05, 0) is 55.9 Å². The van der Waals surface area contributed by atoms with E-state index >= 15 is 0 Å². The van der Waals surface area contributed by atoms with Crippen molar-refractivity contribution >= 4 is 5.91 Å². The molecule has 1 fully saturated rings. The van der Waals surface area contributed by atoms with E-state index in [0.29, 0.717) is 16.7 Å². The molecule has 128 valence electrons. The van der Waals surface area contributed by atoms with E-state index in [1.165, 1.54) is 17.0 Å².